The van der Waals surface area contributed by atoms with Crippen molar-refractivity contribution in [1.82, 2.24) is 4.90 Å². The average molecular weight is 242 g/mol. The summed E-state index contributed by atoms with van der Waals surface area (Å²) < 4.78 is 0. The predicted octanol–water partition coefficient (Wildman–Crippen LogP) is 1.37. The smallest absolute Gasteiger partial charge is 0.321 e. The predicted molar refractivity (Wildman–Crippen MR) is 65.5 cm³/mol. The van der Waals surface area contributed by atoms with Crippen LogP contribution < -0.4 is 5.73 Å². The number of aliphatic carboxylic acids is 1. The highest BCUT2D eigenvalue weighted by Gasteiger charge is 2.19. The third kappa shape index (κ3) is 3.92. The standard InChI is InChI=1S/C11H18N2O2S/c1-8(2)13(7-10(12)11(14)15)6-9-4-3-5-16-9/h3-5,8,10H,6-7,12H2,1-2H3,(H,14,15). The van der Waals surface area contributed by atoms with E-state index in [9.17, 15) is 4.79 Å². The Morgan fingerprint density at radius 2 is 2.31 bits per heavy atom. The van der Waals surface area contributed by atoms with Crippen LogP contribution in [0.4, 0.5) is 0 Å². The van der Waals surface area contributed by atoms with Crippen molar-refractivity contribution in [2.75, 3.05) is 6.54 Å². The van der Waals surface area contributed by atoms with E-state index in [1.165, 1.54) is 4.88 Å². The zero-order valence-electron chi connectivity index (χ0n) is 9.59. The highest BCUT2D eigenvalue weighted by atomic mass is 32.1. The van der Waals surface area contributed by atoms with Crippen molar-refractivity contribution < 1.29 is 9.90 Å². The molecule has 3 N–H and O–H groups in total. The molecule has 0 aromatic carbocycles. The number of thiophene rings is 1. The number of nitrogens with two attached hydrogens (primary N) is 1. The van der Waals surface area contributed by atoms with E-state index in [2.05, 4.69) is 4.90 Å². The summed E-state index contributed by atoms with van der Waals surface area (Å²) in [6.45, 7) is 5.23. The fraction of sp³-hybridized carbons (Fsp3) is 0.545. The van der Waals surface area contributed by atoms with Crippen molar-refractivity contribution in [2.45, 2.75) is 32.5 Å². The number of hydrogen-bond acceptors (Lipinski definition) is 4. The lowest BCUT2D eigenvalue weighted by molar-refractivity contribution is -0.139. The second-order valence-electron chi connectivity index (χ2n) is 4.05. The number of rotatable bonds is 6. The van der Waals surface area contributed by atoms with Crippen LogP contribution in [-0.2, 0) is 11.3 Å². The first kappa shape index (κ1) is 13.2. The van der Waals surface area contributed by atoms with Crippen LogP contribution in [0.15, 0.2) is 17.5 Å². The molecule has 0 saturated heterocycles. The maximum Gasteiger partial charge on any atom is 0.321 e. The van der Waals surface area contributed by atoms with Crippen LogP contribution >= 0.6 is 11.3 Å². The van der Waals surface area contributed by atoms with Crippen molar-refractivity contribution in [2.24, 2.45) is 5.73 Å². The van der Waals surface area contributed by atoms with Crippen molar-refractivity contribution in [3.63, 3.8) is 0 Å². The molecular weight excluding hydrogens is 224 g/mol. The molecule has 0 aliphatic carbocycles. The van der Waals surface area contributed by atoms with Crippen LogP contribution in [0.25, 0.3) is 0 Å². The zero-order valence-corrected chi connectivity index (χ0v) is 10.4. The molecule has 0 saturated carbocycles. The number of carboxylic acid groups (broad SMARTS) is 1. The summed E-state index contributed by atoms with van der Waals surface area (Å²) in [4.78, 5) is 14.0. The number of nitrogens with zero attached hydrogens (tertiary/aromatic N) is 1. The largest absolute Gasteiger partial charge is 0.480 e. The molecule has 1 atom stereocenters. The van der Waals surface area contributed by atoms with E-state index in [0.717, 1.165) is 6.54 Å². The minimum Gasteiger partial charge on any atom is -0.480 e. The molecule has 1 rings (SSSR count). The van der Waals surface area contributed by atoms with Crippen LogP contribution in [0.2, 0.25) is 0 Å². The highest BCUT2D eigenvalue weighted by Crippen LogP contribution is 2.13. The van der Waals surface area contributed by atoms with Gasteiger partial charge >= 0.3 is 5.97 Å². The van der Waals surface area contributed by atoms with Crippen LogP contribution in [0, 0.1) is 0 Å². The Morgan fingerprint density at radius 3 is 2.75 bits per heavy atom. The van der Waals surface area contributed by atoms with E-state index in [-0.39, 0.29) is 6.04 Å². The molecule has 1 unspecified atom stereocenters. The third-order valence-corrected chi connectivity index (χ3v) is 3.28. The summed E-state index contributed by atoms with van der Waals surface area (Å²) in [5, 5.41) is 10.8. The first-order valence-electron chi connectivity index (χ1n) is 5.25. The molecule has 0 amide bonds. The van der Waals surface area contributed by atoms with Gasteiger partial charge in [0.05, 0.1) is 0 Å². The maximum atomic E-state index is 10.7. The fourth-order valence-electron chi connectivity index (χ4n) is 1.39. The fourth-order valence-corrected chi connectivity index (χ4v) is 2.12. The van der Waals surface area contributed by atoms with E-state index in [1.54, 1.807) is 11.3 Å². The molecule has 0 aliphatic heterocycles. The molecule has 5 heteroatoms. The lowest BCUT2D eigenvalue weighted by Gasteiger charge is -2.27. The molecule has 0 bridgehead atoms. The van der Waals surface area contributed by atoms with Gasteiger partial charge in [-0.1, -0.05) is 6.07 Å². The van der Waals surface area contributed by atoms with Gasteiger partial charge in [-0.25, -0.2) is 0 Å². The average Bonchev–Trinajstić information content (AvgIpc) is 2.68. The van der Waals surface area contributed by atoms with Gasteiger partial charge in [0.1, 0.15) is 6.04 Å². The van der Waals surface area contributed by atoms with Crippen LogP contribution in [-0.4, -0.2) is 34.6 Å². The molecule has 4 nitrogen and oxygen atoms in total. The first-order valence-corrected chi connectivity index (χ1v) is 6.13. The Balaban J connectivity index is 2.58. The van der Waals surface area contributed by atoms with Gasteiger partial charge in [-0.2, -0.15) is 0 Å². The molecule has 0 aliphatic rings. The lowest BCUT2D eigenvalue weighted by atomic mass is 10.2. The van der Waals surface area contributed by atoms with Crippen LogP contribution in [0.3, 0.4) is 0 Å². The summed E-state index contributed by atoms with van der Waals surface area (Å²) in [7, 11) is 0. The highest BCUT2D eigenvalue weighted by molar-refractivity contribution is 7.09. The summed E-state index contributed by atoms with van der Waals surface area (Å²) in [6, 6.07) is 3.51. The van der Waals surface area contributed by atoms with Gasteiger partial charge in [0.15, 0.2) is 0 Å². The second-order valence-corrected chi connectivity index (χ2v) is 5.08. The van der Waals surface area contributed by atoms with Gasteiger partial charge in [-0.15, -0.1) is 11.3 Å². The molecule has 1 heterocycles. The van der Waals surface area contributed by atoms with E-state index in [0.29, 0.717) is 6.54 Å². The molecule has 0 spiro atoms. The van der Waals surface area contributed by atoms with Gasteiger partial charge in [-0.05, 0) is 25.3 Å². The summed E-state index contributed by atoms with van der Waals surface area (Å²) in [6.07, 6.45) is 0. The minimum atomic E-state index is -0.947. The van der Waals surface area contributed by atoms with Crippen molar-refractivity contribution >= 4 is 17.3 Å². The quantitative estimate of drug-likeness (QED) is 0.790. The topological polar surface area (TPSA) is 66.6 Å². The maximum absolute atomic E-state index is 10.7. The Morgan fingerprint density at radius 1 is 1.62 bits per heavy atom. The van der Waals surface area contributed by atoms with Gasteiger partial charge in [0, 0.05) is 24.0 Å². The van der Waals surface area contributed by atoms with Gasteiger partial charge in [0.25, 0.3) is 0 Å². The normalized spacial score (nSPS) is 13.3. The number of carbonyl (C=O) groups is 1. The minimum absolute atomic E-state index is 0.285. The van der Waals surface area contributed by atoms with E-state index in [1.807, 2.05) is 31.4 Å². The summed E-state index contributed by atoms with van der Waals surface area (Å²) in [5.41, 5.74) is 5.55. The molecule has 0 fully saturated rings. The molecule has 1 aromatic heterocycles. The van der Waals surface area contributed by atoms with Gasteiger partial charge < -0.3 is 10.8 Å². The van der Waals surface area contributed by atoms with Crippen LogP contribution in [0.5, 0.6) is 0 Å². The SMILES string of the molecule is CC(C)N(Cc1cccs1)CC(N)C(=O)O. The Hall–Kier alpha value is -0.910. The van der Waals surface area contributed by atoms with Crippen molar-refractivity contribution in [1.29, 1.82) is 0 Å². The third-order valence-electron chi connectivity index (χ3n) is 2.42. The lowest BCUT2D eigenvalue weighted by Crippen LogP contribution is -2.44. The summed E-state index contributed by atoms with van der Waals surface area (Å²) in [5.74, 6) is -0.947. The first-order chi connectivity index (χ1) is 7.50. The summed E-state index contributed by atoms with van der Waals surface area (Å²) >= 11 is 1.67. The Labute approximate surface area is 99.7 Å². The Kier molecular flexibility index (Phi) is 4.92. The second kappa shape index (κ2) is 5.98. The molecule has 0 radical (unpaired) electrons. The number of carboxylic acids is 1. The van der Waals surface area contributed by atoms with Gasteiger partial charge in [0.2, 0.25) is 0 Å². The van der Waals surface area contributed by atoms with Gasteiger partial charge in [-0.3, -0.25) is 9.69 Å². The molecule has 16 heavy (non-hydrogen) atoms. The molecule has 1 aromatic rings. The van der Waals surface area contributed by atoms with Crippen molar-refractivity contribution in [3.8, 4) is 0 Å². The number of hydrogen-bond donors (Lipinski definition) is 2. The zero-order chi connectivity index (χ0) is 12.1. The van der Waals surface area contributed by atoms with E-state index < -0.39 is 12.0 Å². The van der Waals surface area contributed by atoms with E-state index in [4.69, 9.17) is 10.8 Å². The van der Waals surface area contributed by atoms with Crippen molar-refractivity contribution in [3.05, 3.63) is 22.4 Å². The Bertz CT molecular complexity index is 325. The van der Waals surface area contributed by atoms with E-state index >= 15 is 0 Å². The molecular formula is C11H18N2O2S. The van der Waals surface area contributed by atoms with Crippen LogP contribution in [0.1, 0.15) is 18.7 Å². The molecule has 90 valence electrons. The monoisotopic (exact) mass is 242 g/mol.